The van der Waals surface area contributed by atoms with Crippen LogP contribution in [0.4, 0.5) is 0 Å². The second-order valence-electron chi connectivity index (χ2n) is 4.73. The SMILES string of the molecule is CCc1ccc(OC[C@@H](O)COc2ccc(Cl)cc2)cc1. The van der Waals surface area contributed by atoms with Gasteiger partial charge in [0.1, 0.15) is 30.8 Å². The molecule has 0 aliphatic rings. The standard InChI is InChI=1S/C17H19ClO3/c1-2-13-3-7-16(8-4-13)20-11-15(19)12-21-17-9-5-14(18)6-10-17/h3-10,15,19H,2,11-12H2,1H3/t15-/m1/s1. The molecular formula is C17H19ClO3. The van der Waals surface area contributed by atoms with Gasteiger partial charge in [0.05, 0.1) is 0 Å². The Morgan fingerprint density at radius 2 is 1.38 bits per heavy atom. The molecule has 0 amide bonds. The molecule has 0 bridgehead atoms. The van der Waals surface area contributed by atoms with Crippen LogP contribution in [0.5, 0.6) is 11.5 Å². The zero-order valence-electron chi connectivity index (χ0n) is 12.0. The first-order chi connectivity index (χ1) is 10.2. The Balaban J connectivity index is 1.73. The number of hydrogen-bond acceptors (Lipinski definition) is 3. The molecule has 21 heavy (non-hydrogen) atoms. The van der Waals surface area contributed by atoms with E-state index in [4.69, 9.17) is 21.1 Å². The maximum Gasteiger partial charge on any atom is 0.122 e. The molecule has 0 aliphatic carbocycles. The Kier molecular flexibility index (Phi) is 5.90. The first kappa shape index (κ1) is 15.7. The molecule has 0 aliphatic heterocycles. The molecule has 4 heteroatoms. The number of benzene rings is 2. The van der Waals surface area contributed by atoms with Crippen LogP contribution in [0.2, 0.25) is 5.02 Å². The number of rotatable bonds is 7. The fraction of sp³-hybridized carbons (Fsp3) is 0.294. The highest BCUT2D eigenvalue weighted by molar-refractivity contribution is 6.30. The monoisotopic (exact) mass is 306 g/mol. The van der Waals surface area contributed by atoms with Gasteiger partial charge in [0, 0.05) is 5.02 Å². The average Bonchev–Trinajstić information content (AvgIpc) is 2.53. The lowest BCUT2D eigenvalue weighted by atomic mass is 10.2. The third-order valence-electron chi connectivity index (χ3n) is 3.03. The summed E-state index contributed by atoms with van der Waals surface area (Å²) in [4.78, 5) is 0. The van der Waals surface area contributed by atoms with Crippen molar-refractivity contribution in [3.63, 3.8) is 0 Å². The van der Waals surface area contributed by atoms with E-state index >= 15 is 0 Å². The van der Waals surface area contributed by atoms with Gasteiger partial charge in [-0.05, 0) is 48.4 Å². The van der Waals surface area contributed by atoms with Gasteiger partial charge in [0.2, 0.25) is 0 Å². The highest BCUT2D eigenvalue weighted by Gasteiger charge is 2.07. The normalized spacial score (nSPS) is 12.0. The fourth-order valence-electron chi connectivity index (χ4n) is 1.79. The molecule has 0 heterocycles. The smallest absolute Gasteiger partial charge is 0.122 e. The molecule has 2 aromatic carbocycles. The number of aliphatic hydroxyl groups excluding tert-OH is 1. The Bertz CT molecular complexity index is 537. The summed E-state index contributed by atoms with van der Waals surface area (Å²) in [7, 11) is 0. The first-order valence-electron chi connectivity index (χ1n) is 6.95. The molecule has 112 valence electrons. The van der Waals surface area contributed by atoms with E-state index in [2.05, 4.69) is 6.92 Å². The molecule has 1 atom stereocenters. The van der Waals surface area contributed by atoms with Crippen molar-refractivity contribution < 1.29 is 14.6 Å². The number of halogens is 1. The van der Waals surface area contributed by atoms with Crippen molar-refractivity contribution in [3.8, 4) is 11.5 Å². The number of aryl methyl sites for hydroxylation is 1. The minimum atomic E-state index is -0.688. The summed E-state index contributed by atoms with van der Waals surface area (Å²) in [5, 5.41) is 10.5. The van der Waals surface area contributed by atoms with Crippen molar-refractivity contribution >= 4 is 11.6 Å². The summed E-state index contributed by atoms with van der Waals surface area (Å²) < 4.78 is 11.0. The van der Waals surface area contributed by atoms with Crippen molar-refractivity contribution in [1.29, 1.82) is 0 Å². The molecule has 0 saturated heterocycles. The van der Waals surface area contributed by atoms with Gasteiger partial charge in [-0.25, -0.2) is 0 Å². The predicted octanol–water partition coefficient (Wildman–Crippen LogP) is 3.72. The van der Waals surface area contributed by atoms with Gasteiger partial charge in [-0.1, -0.05) is 30.7 Å². The first-order valence-corrected chi connectivity index (χ1v) is 7.33. The quantitative estimate of drug-likeness (QED) is 0.847. The molecule has 3 nitrogen and oxygen atoms in total. The van der Waals surface area contributed by atoms with Crippen molar-refractivity contribution in [2.24, 2.45) is 0 Å². The molecule has 0 unspecified atom stereocenters. The lowest BCUT2D eigenvalue weighted by molar-refractivity contribution is 0.0626. The van der Waals surface area contributed by atoms with Gasteiger partial charge in [0.25, 0.3) is 0 Å². The molecule has 0 spiro atoms. The minimum absolute atomic E-state index is 0.175. The fourth-order valence-corrected chi connectivity index (χ4v) is 1.91. The van der Waals surface area contributed by atoms with Gasteiger partial charge in [-0.3, -0.25) is 0 Å². The molecule has 0 radical (unpaired) electrons. The highest BCUT2D eigenvalue weighted by atomic mass is 35.5. The zero-order chi connectivity index (χ0) is 15.1. The van der Waals surface area contributed by atoms with Crippen molar-refractivity contribution in [1.82, 2.24) is 0 Å². The number of hydrogen-bond donors (Lipinski definition) is 1. The molecular weight excluding hydrogens is 288 g/mol. The van der Waals surface area contributed by atoms with Gasteiger partial charge in [-0.15, -0.1) is 0 Å². The summed E-state index contributed by atoms with van der Waals surface area (Å²) in [6.07, 6.45) is 0.309. The van der Waals surface area contributed by atoms with Crippen LogP contribution >= 0.6 is 11.6 Å². The van der Waals surface area contributed by atoms with E-state index in [1.165, 1.54) is 5.56 Å². The summed E-state index contributed by atoms with van der Waals surface area (Å²) in [6.45, 7) is 2.47. The van der Waals surface area contributed by atoms with Crippen LogP contribution in [0.25, 0.3) is 0 Å². The van der Waals surface area contributed by atoms with Crippen LogP contribution in [0.15, 0.2) is 48.5 Å². The molecule has 0 fully saturated rings. The van der Waals surface area contributed by atoms with Gasteiger partial charge >= 0.3 is 0 Å². The van der Waals surface area contributed by atoms with Crippen molar-refractivity contribution in [2.75, 3.05) is 13.2 Å². The molecule has 1 N–H and O–H groups in total. The van der Waals surface area contributed by atoms with E-state index < -0.39 is 6.10 Å². The Morgan fingerprint density at radius 1 is 0.905 bits per heavy atom. The van der Waals surface area contributed by atoms with Crippen LogP contribution < -0.4 is 9.47 Å². The number of ether oxygens (including phenoxy) is 2. The molecule has 2 aromatic rings. The van der Waals surface area contributed by atoms with E-state index in [1.807, 2.05) is 24.3 Å². The van der Waals surface area contributed by atoms with Crippen LogP contribution in [-0.2, 0) is 6.42 Å². The maximum atomic E-state index is 9.85. The Labute approximate surface area is 130 Å². The lowest BCUT2D eigenvalue weighted by Gasteiger charge is -2.14. The van der Waals surface area contributed by atoms with E-state index in [0.29, 0.717) is 10.8 Å². The second kappa shape index (κ2) is 7.91. The third-order valence-corrected chi connectivity index (χ3v) is 3.28. The largest absolute Gasteiger partial charge is 0.491 e. The third kappa shape index (κ3) is 5.29. The summed E-state index contributed by atoms with van der Waals surface area (Å²) in [5.74, 6) is 1.42. The zero-order valence-corrected chi connectivity index (χ0v) is 12.7. The van der Waals surface area contributed by atoms with Gasteiger partial charge < -0.3 is 14.6 Å². The van der Waals surface area contributed by atoms with Gasteiger partial charge in [-0.2, -0.15) is 0 Å². The van der Waals surface area contributed by atoms with Crippen molar-refractivity contribution in [2.45, 2.75) is 19.4 Å². The Hall–Kier alpha value is -1.71. The van der Waals surface area contributed by atoms with E-state index in [0.717, 1.165) is 12.2 Å². The number of aliphatic hydroxyl groups is 1. The summed E-state index contributed by atoms with van der Waals surface area (Å²) in [5.41, 5.74) is 1.26. The highest BCUT2D eigenvalue weighted by Crippen LogP contribution is 2.16. The summed E-state index contributed by atoms with van der Waals surface area (Å²) in [6, 6.07) is 14.9. The van der Waals surface area contributed by atoms with E-state index in [-0.39, 0.29) is 13.2 Å². The van der Waals surface area contributed by atoms with Crippen molar-refractivity contribution in [3.05, 3.63) is 59.1 Å². The van der Waals surface area contributed by atoms with Crippen LogP contribution in [0, 0.1) is 0 Å². The predicted molar refractivity (Wildman–Crippen MR) is 84.3 cm³/mol. The molecule has 0 saturated carbocycles. The van der Waals surface area contributed by atoms with E-state index in [1.54, 1.807) is 24.3 Å². The minimum Gasteiger partial charge on any atom is -0.491 e. The Morgan fingerprint density at radius 3 is 1.86 bits per heavy atom. The van der Waals surface area contributed by atoms with E-state index in [9.17, 15) is 5.11 Å². The summed E-state index contributed by atoms with van der Waals surface area (Å²) >= 11 is 5.79. The topological polar surface area (TPSA) is 38.7 Å². The molecule has 0 aromatic heterocycles. The maximum absolute atomic E-state index is 9.85. The average molecular weight is 307 g/mol. The van der Waals surface area contributed by atoms with Gasteiger partial charge in [0.15, 0.2) is 0 Å². The molecule has 2 rings (SSSR count). The van der Waals surface area contributed by atoms with Crippen LogP contribution in [-0.4, -0.2) is 24.4 Å². The lowest BCUT2D eigenvalue weighted by Crippen LogP contribution is -2.25. The van der Waals surface area contributed by atoms with Crippen LogP contribution in [0.3, 0.4) is 0 Å². The second-order valence-corrected chi connectivity index (χ2v) is 5.16. The van der Waals surface area contributed by atoms with Crippen LogP contribution in [0.1, 0.15) is 12.5 Å².